The second-order valence-electron chi connectivity index (χ2n) is 4.83. The Hall–Kier alpha value is -1.05. The van der Waals surface area contributed by atoms with Crippen molar-refractivity contribution in [1.29, 1.82) is 0 Å². The monoisotopic (exact) mass is 219 g/mol. The second kappa shape index (κ2) is 4.86. The normalized spacial score (nSPS) is 24.6. The van der Waals surface area contributed by atoms with Gasteiger partial charge in [0.15, 0.2) is 5.78 Å². The van der Waals surface area contributed by atoms with Gasteiger partial charge in [-0.1, -0.05) is 19.4 Å². The number of rotatable bonds is 3. The standard InChI is InChI=1S/C14H21NO/c1-3-5-11-7-8-12-6-4-9-15-14(12)13(11)10(2)16/h8,11,15H,3-7,9H2,1-2H3. The minimum atomic E-state index is 0.258. The van der Waals surface area contributed by atoms with Gasteiger partial charge in [0, 0.05) is 17.8 Å². The van der Waals surface area contributed by atoms with E-state index in [9.17, 15) is 4.79 Å². The highest BCUT2D eigenvalue weighted by molar-refractivity contribution is 5.95. The SMILES string of the molecule is CCCC1CC=C2CCCNC2=C1C(C)=O. The van der Waals surface area contributed by atoms with E-state index in [1.807, 2.05) is 0 Å². The fraction of sp³-hybridized carbons (Fsp3) is 0.643. The maximum absolute atomic E-state index is 11.8. The second-order valence-corrected chi connectivity index (χ2v) is 4.83. The van der Waals surface area contributed by atoms with Crippen LogP contribution in [0.15, 0.2) is 22.9 Å². The molecule has 1 saturated heterocycles. The van der Waals surface area contributed by atoms with Crippen LogP contribution in [0, 0.1) is 5.92 Å². The van der Waals surface area contributed by atoms with Crippen molar-refractivity contribution in [2.75, 3.05) is 6.54 Å². The van der Waals surface area contributed by atoms with Crippen LogP contribution in [0.5, 0.6) is 0 Å². The molecule has 1 heterocycles. The van der Waals surface area contributed by atoms with Gasteiger partial charge >= 0.3 is 0 Å². The molecule has 0 aromatic carbocycles. The Balaban J connectivity index is 2.33. The first-order chi connectivity index (χ1) is 7.74. The van der Waals surface area contributed by atoms with Crippen molar-refractivity contribution in [3.8, 4) is 0 Å². The summed E-state index contributed by atoms with van der Waals surface area (Å²) in [5, 5.41) is 3.43. The summed E-state index contributed by atoms with van der Waals surface area (Å²) >= 11 is 0. The zero-order valence-corrected chi connectivity index (χ0v) is 10.3. The van der Waals surface area contributed by atoms with Crippen molar-refractivity contribution < 1.29 is 4.79 Å². The van der Waals surface area contributed by atoms with Gasteiger partial charge < -0.3 is 5.32 Å². The van der Waals surface area contributed by atoms with Crippen LogP contribution in [0.3, 0.4) is 0 Å². The van der Waals surface area contributed by atoms with Gasteiger partial charge in [0.2, 0.25) is 0 Å². The Labute approximate surface area is 97.8 Å². The van der Waals surface area contributed by atoms with Gasteiger partial charge in [-0.25, -0.2) is 0 Å². The summed E-state index contributed by atoms with van der Waals surface area (Å²) in [5.41, 5.74) is 3.62. The van der Waals surface area contributed by atoms with Crippen LogP contribution in [0.4, 0.5) is 0 Å². The molecule has 1 N–H and O–H groups in total. The molecule has 2 rings (SSSR count). The van der Waals surface area contributed by atoms with Crippen LogP contribution in [0.25, 0.3) is 0 Å². The largest absolute Gasteiger partial charge is 0.384 e. The quantitative estimate of drug-likeness (QED) is 0.790. The lowest BCUT2D eigenvalue weighted by Gasteiger charge is -2.31. The Kier molecular flexibility index (Phi) is 3.47. The average Bonchev–Trinajstić information content (AvgIpc) is 2.28. The lowest BCUT2D eigenvalue weighted by Crippen LogP contribution is -2.30. The van der Waals surface area contributed by atoms with Gasteiger partial charge in [-0.3, -0.25) is 4.79 Å². The van der Waals surface area contributed by atoms with Gasteiger partial charge in [-0.2, -0.15) is 0 Å². The van der Waals surface area contributed by atoms with E-state index in [1.54, 1.807) is 6.92 Å². The zero-order chi connectivity index (χ0) is 11.5. The number of nitrogens with one attached hydrogen (secondary N) is 1. The third-order valence-electron chi connectivity index (χ3n) is 3.59. The highest BCUT2D eigenvalue weighted by Crippen LogP contribution is 2.35. The van der Waals surface area contributed by atoms with Crippen LogP contribution >= 0.6 is 0 Å². The van der Waals surface area contributed by atoms with Crippen molar-refractivity contribution in [3.05, 3.63) is 22.9 Å². The minimum absolute atomic E-state index is 0.258. The topological polar surface area (TPSA) is 29.1 Å². The van der Waals surface area contributed by atoms with E-state index < -0.39 is 0 Å². The van der Waals surface area contributed by atoms with Crippen LogP contribution in [-0.2, 0) is 4.79 Å². The predicted molar refractivity (Wildman–Crippen MR) is 66.0 cm³/mol. The van der Waals surface area contributed by atoms with E-state index in [1.165, 1.54) is 17.7 Å². The van der Waals surface area contributed by atoms with Gasteiger partial charge in [-0.05, 0) is 44.1 Å². The summed E-state index contributed by atoms with van der Waals surface area (Å²) in [6.07, 6.45) is 8.01. The molecular weight excluding hydrogens is 198 g/mol. The number of hydrogen-bond donors (Lipinski definition) is 1. The molecule has 0 spiro atoms. The molecule has 1 atom stereocenters. The molecular formula is C14H21NO. The number of allylic oxidation sites excluding steroid dienone is 3. The molecule has 2 aliphatic rings. The molecule has 88 valence electrons. The molecule has 1 unspecified atom stereocenters. The Bertz CT molecular complexity index is 352. The van der Waals surface area contributed by atoms with Gasteiger partial charge in [0.05, 0.1) is 0 Å². The van der Waals surface area contributed by atoms with Gasteiger partial charge in [0.25, 0.3) is 0 Å². The average molecular weight is 219 g/mol. The first-order valence-corrected chi connectivity index (χ1v) is 6.42. The third kappa shape index (κ3) is 2.06. The molecule has 2 heteroatoms. The first-order valence-electron chi connectivity index (χ1n) is 6.42. The molecule has 0 bridgehead atoms. The summed E-state index contributed by atoms with van der Waals surface area (Å²) in [5.74, 6) is 0.709. The zero-order valence-electron chi connectivity index (χ0n) is 10.3. The summed E-state index contributed by atoms with van der Waals surface area (Å²) in [7, 11) is 0. The number of carbonyl (C=O) groups is 1. The summed E-state index contributed by atoms with van der Waals surface area (Å²) in [6, 6.07) is 0. The van der Waals surface area contributed by atoms with Gasteiger partial charge in [-0.15, -0.1) is 0 Å². The van der Waals surface area contributed by atoms with E-state index >= 15 is 0 Å². The number of carbonyl (C=O) groups excluding carboxylic acids is 1. The summed E-state index contributed by atoms with van der Waals surface area (Å²) in [6.45, 7) is 4.92. The third-order valence-corrected chi connectivity index (χ3v) is 3.59. The van der Waals surface area contributed by atoms with Crippen LogP contribution in [0.2, 0.25) is 0 Å². The van der Waals surface area contributed by atoms with Gasteiger partial charge in [0.1, 0.15) is 0 Å². The smallest absolute Gasteiger partial charge is 0.158 e. The highest BCUT2D eigenvalue weighted by Gasteiger charge is 2.27. The summed E-state index contributed by atoms with van der Waals surface area (Å²) < 4.78 is 0. The first kappa shape index (κ1) is 11.4. The number of fused-ring (bicyclic) bond motifs is 1. The van der Waals surface area contributed by atoms with Crippen molar-refractivity contribution in [3.63, 3.8) is 0 Å². The number of ketones is 1. The lowest BCUT2D eigenvalue weighted by atomic mass is 9.79. The molecule has 16 heavy (non-hydrogen) atoms. The van der Waals surface area contributed by atoms with Crippen molar-refractivity contribution >= 4 is 5.78 Å². The molecule has 1 aliphatic heterocycles. The van der Waals surface area contributed by atoms with E-state index in [4.69, 9.17) is 0 Å². The Morgan fingerprint density at radius 2 is 2.38 bits per heavy atom. The molecule has 0 aromatic rings. The van der Waals surface area contributed by atoms with Crippen molar-refractivity contribution in [1.82, 2.24) is 5.32 Å². The van der Waals surface area contributed by atoms with Crippen LogP contribution in [0.1, 0.15) is 46.0 Å². The Morgan fingerprint density at radius 3 is 3.06 bits per heavy atom. The van der Waals surface area contributed by atoms with E-state index in [0.717, 1.165) is 37.8 Å². The van der Waals surface area contributed by atoms with E-state index in [2.05, 4.69) is 18.3 Å². The molecule has 0 saturated carbocycles. The molecule has 0 radical (unpaired) electrons. The number of hydrogen-bond acceptors (Lipinski definition) is 2. The Morgan fingerprint density at radius 1 is 1.56 bits per heavy atom. The minimum Gasteiger partial charge on any atom is -0.384 e. The fourth-order valence-corrected chi connectivity index (χ4v) is 2.88. The van der Waals surface area contributed by atoms with E-state index in [0.29, 0.717) is 5.92 Å². The predicted octanol–water partition coefficient (Wildman–Crippen LogP) is 2.96. The molecule has 1 aliphatic carbocycles. The molecule has 0 aromatic heterocycles. The lowest BCUT2D eigenvalue weighted by molar-refractivity contribution is -0.114. The fourth-order valence-electron chi connectivity index (χ4n) is 2.88. The van der Waals surface area contributed by atoms with Crippen molar-refractivity contribution in [2.45, 2.75) is 46.0 Å². The number of piperidine rings is 1. The number of Topliss-reactive ketones (excluding diaryl/α,β-unsaturated/α-hetero) is 1. The van der Waals surface area contributed by atoms with Crippen molar-refractivity contribution in [2.24, 2.45) is 5.92 Å². The molecule has 0 amide bonds. The van der Waals surface area contributed by atoms with Crippen LogP contribution in [-0.4, -0.2) is 12.3 Å². The van der Waals surface area contributed by atoms with E-state index in [-0.39, 0.29) is 5.78 Å². The molecule has 2 nitrogen and oxygen atoms in total. The maximum Gasteiger partial charge on any atom is 0.158 e. The summed E-state index contributed by atoms with van der Waals surface area (Å²) in [4.78, 5) is 11.8. The molecule has 1 fully saturated rings. The maximum atomic E-state index is 11.8. The highest BCUT2D eigenvalue weighted by atomic mass is 16.1. The van der Waals surface area contributed by atoms with Crippen LogP contribution < -0.4 is 5.32 Å².